The molecular weight excluding hydrogens is 298 g/mol. The summed E-state index contributed by atoms with van der Waals surface area (Å²) in [5, 5.41) is 11.2. The topological polar surface area (TPSA) is 69.6 Å². The Morgan fingerprint density at radius 2 is 1.65 bits per heavy atom. The van der Waals surface area contributed by atoms with Gasteiger partial charge in [-0.1, -0.05) is 0 Å². The lowest BCUT2D eigenvalue weighted by Gasteiger charge is -2.36. The highest BCUT2D eigenvalue weighted by molar-refractivity contribution is 5.86. The molecule has 0 aromatic heterocycles. The van der Waals surface area contributed by atoms with Crippen molar-refractivity contribution in [1.29, 1.82) is 0 Å². The fraction of sp³-hybridized carbons (Fsp3) is 0.778. The van der Waals surface area contributed by atoms with Gasteiger partial charge in [-0.2, -0.15) is 26.3 Å². The molecule has 1 atom stereocenters. The summed E-state index contributed by atoms with van der Waals surface area (Å²) in [5.41, 5.74) is 0. The number of piperazine rings is 1. The van der Waals surface area contributed by atoms with E-state index >= 15 is 0 Å². The number of aliphatic carboxylic acids is 1. The van der Waals surface area contributed by atoms with Crippen LogP contribution in [0, 0.1) is 5.92 Å². The first-order chi connectivity index (χ1) is 8.96. The number of halogens is 6. The molecule has 0 saturated carbocycles. The highest BCUT2D eigenvalue weighted by atomic mass is 19.4. The van der Waals surface area contributed by atoms with Gasteiger partial charge in [-0.25, -0.2) is 4.79 Å². The van der Waals surface area contributed by atoms with Crippen molar-refractivity contribution in [2.24, 2.45) is 5.92 Å². The predicted molar refractivity (Wildman–Crippen MR) is 51.6 cm³/mol. The van der Waals surface area contributed by atoms with Crippen LogP contribution in [0.4, 0.5) is 26.3 Å². The number of alkyl halides is 6. The molecular formula is C9H10F6N2O3. The quantitative estimate of drug-likeness (QED) is 0.734. The van der Waals surface area contributed by atoms with Gasteiger partial charge in [-0.15, -0.1) is 0 Å². The molecule has 2 N–H and O–H groups in total. The van der Waals surface area contributed by atoms with E-state index in [0.29, 0.717) is 0 Å². The molecule has 0 aliphatic carbocycles. The van der Waals surface area contributed by atoms with Crippen LogP contribution in [0.2, 0.25) is 0 Å². The molecule has 5 nitrogen and oxygen atoms in total. The maximum atomic E-state index is 12.4. The highest BCUT2D eigenvalue weighted by Crippen LogP contribution is 2.40. The summed E-state index contributed by atoms with van der Waals surface area (Å²) in [6.07, 6.45) is -11.7. The van der Waals surface area contributed by atoms with E-state index in [1.165, 1.54) is 0 Å². The van der Waals surface area contributed by atoms with Crippen LogP contribution in [0.25, 0.3) is 0 Å². The summed E-state index contributed by atoms with van der Waals surface area (Å²) in [6, 6.07) is -1.76. The van der Waals surface area contributed by atoms with Crippen molar-refractivity contribution in [3.8, 4) is 0 Å². The van der Waals surface area contributed by atoms with Crippen molar-refractivity contribution >= 4 is 11.9 Å². The number of hydrogen-bond acceptors (Lipinski definition) is 3. The van der Waals surface area contributed by atoms with Crippen LogP contribution in [0.5, 0.6) is 0 Å². The molecule has 0 radical (unpaired) electrons. The smallest absolute Gasteiger partial charge is 0.409 e. The third kappa shape index (κ3) is 3.52. The van der Waals surface area contributed by atoms with Crippen LogP contribution < -0.4 is 5.32 Å². The number of rotatable bonds is 2. The Hall–Kier alpha value is -1.52. The molecule has 11 heteroatoms. The third-order valence-electron chi connectivity index (χ3n) is 2.71. The van der Waals surface area contributed by atoms with Crippen LogP contribution in [0.15, 0.2) is 0 Å². The average Bonchev–Trinajstić information content (AvgIpc) is 2.24. The Morgan fingerprint density at radius 3 is 2.05 bits per heavy atom. The molecule has 20 heavy (non-hydrogen) atoms. The fourth-order valence-corrected chi connectivity index (χ4v) is 1.82. The molecule has 1 saturated heterocycles. The second-order valence-corrected chi connectivity index (χ2v) is 4.11. The summed E-state index contributed by atoms with van der Waals surface area (Å²) in [6.45, 7) is -1.04. The summed E-state index contributed by atoms with van der Waals surface area (Å²) < 4.78 is 74.5. The summed E-state index contributed by atoms with van der Waals surface area (Å²) in [7, 11) is 0. The van der Waals surface area contributed by atoms with Crippen molar-refractivity contribution in [2.45, 2.75) is 18.4 Å². The molecule has 0 bridgehead atoms. The van der Waals surface area contributed by atoms with E-state index in [1.807, 2.05) is 0 Å². The lowest BCUT2D eigenvalue weighted by atomic mass is 10.0. The Kier molecular flexibility index (Phi) is 4.52. The number of hydrogen-bond donors (Lipinski definition) is 2. The second kappa shape index (κ2) is 5.46. The second-order valence-electron chi connectivity index (χ2n) is 4.11. The monoisotopic (exact) mass is 308 g/mol. The highest BCUT2D eigenvalue weighted by Gasteiger charge is 2.62. The van der Waals surface area contributed by atoms with Gasteiger partial charge in [0.1, 0.15) is 6.04 Å². The average molecular weight is 308 g/mol. The standard InChI is InChI=1S/C9H10F6N2O3/c10-8(11,12)5(9(13,14)15)6(18)17-2-1-16-3-4(17)7(19)20/h4-5,16H,1-3H2,(H,19,20). The summed E-state index contributed by atoms with van der Waals surface area (Å²) >= 11 is 0. The molecule has 116 valence electrons. The van der Waals surface area contributed by atoms with E-state index < -0.39 is 49.3 Å². The molecule has 1 aliphatic heterocycles. The molecule has 1 amide bonds. The fourth-order valence-electron chi connectivity index (χ4n) is 1.82. The van der Waals surface area contributed by atoms with Gasteiger partial charge >= 0.3 is 18.3 Å². The number of carbonyl (C=O) groups excluding carboxylic acids is 1. The van der Waals surface area contributed by atoms with Crippen LogP contribution in [-0.4, -0.2) is 59.9 Å². The van der Waals surface area contributed by atoms with E-state index in [1.54, 1.807) is 0 Å². The minimum absolute atomic E-state index is 0.0854. The number of amides is 1. The maximum absolute atomic E-state index is 12.4. The number of carboxylic acid groups (broad SMARTS) is 1. The number of nitrogens with one attached hydrogen (secondary N) is 1. The number of nitrogens with zero attached hydrogens (tertiary/aromatic N) is 1. The lowest BCUT2D eigenvalue weighted by molar-refractivity contribution is -0.278. The van der Waals surface area contributed by atoms with Crippen LogP contribution in [0.3, 0.4) is 0 Å². The van der Waals surface area contributed by atoms with Gasteiger partial charge in [0.15, 0.2) is 0 Å². The third-order valence-corrected chi connectivity index (χ3v) is 2.71. The minimum atomic E-state index is -5.83. The van der Waals surface area contributed by atoms with Gasteiger partial charge in [0, 0.05) is 19.6 Å². The van der Waals surface area contributed by atoms with E-state index in [4.69, 9.17) is 5.11 Å². The van der Waals surface area contributed by atoms with E-state index in [2.05, 4.69) is 5.32 Å². The number of carbonyl (C=O) groups is 2. The lowest BCUT2D eigenvalue weighted by Crippen LogP contribution is -2.61. The van der Waals surface area contributed by atoms with Crippen molar-refractivity contribution in [3.63, 3.8) is 0 Å². The predicted octanol–water partition coefficient (Wildman–Crippen LogP) is 0.612. The Labute approximate surface area is 108 Å². The van der Waals surface area contributed by atoms with E-state index in [0.717, 1.165) is 0 Å². The summed E-state index contributed by atoms with van der Waals surface area (Å²) in [4.78, 5) is 22.4. The molecule has 1 rings (SSSR count). The first-order valence-electron chi connectivity index (χ1n) is 5.33. The molecule has 0 aromatic rings. The zero-order valence-electron chi connectivity index (χ0n) is 9.75. The van der Waals surface area contributed by atoms with Gasteiger partial charge in [0.2, 0.25) is 11.8 Å². The van der Waals surface area contributed by atoms with Crippen molar-refractivity contribution in [1.82, 2.24) is 10.2 Å². The zero-order chi connectivity index (χ0) is 15.7. The van der Waals surface area contributed by atoms with E-state index in [-0.39, 0.29) is 11.4 Å². The molecule has 1 heterocycles. The van der Waals surface area contributed by atoms with Crippen LogP contribution in [0.1, 0.15) is 0 Å². The first-order valence-corrected chi connectivity index (χ1v) is 5.33. The Bertz CT molecular complexity index is 380. The van der Waals surface area contributed by atoms with Gasteiger partial charge in [0.25, 0.3) is 0 Å². The van der Waals surface area contributed by atoms with Crippen molar-refractivity contribution in [3.05, 3.63) is 0 Å². The van der Waals surface area contributed by atoms with Crippen molar-refractivity contribution in [2.75, 3.05) is 19.6 Å². The van der Waals surface area contributed by atoms with Gasteiger partial charge in [0.05, 0.1) is 0 Å². The zero-order valence-corrected chi connectivity index (χ0v) is 9.75. The maximum Gasteiger partial charge on any atom is 0.409 e. The first kappa shape index (κ1) is 16.5. The number of carboxylic acids is 1. The summed E-state index contributed by atoms with van der Waals surface area (Å²) in [5.74, 6) is -8.18. The van der Waals surface area contributed by atoms with E-state index in [9.17, 15) is 35.9 Å². The van der Waals surface area contributed by atoms with Gasteiger partial charge in [-0.05, 0) is 0 Å². The molecule has 0 spiro atoms. The SMILES string of the molecule is O=C(O)C1CNCCN1C(=O)C(C(F)(F)F)C(F)(F)F. The Morgan fingerprint density at radius 1 is 1.15 bits per heavy atom. The largest absolute Gasteiger partial charge is 0.480 e. The van der Waals surface area contributed by atoms with Gasteiger partial charge in [-0.3, -0.25) is 4.79 Å². The molecule has 1 unspecified atom stereocenters. The molecule has 0 aromatic carbocycles. The Balaban J connectivity index is 3.08. The minimum Gasteiger partial charge on any atom is -0.480 e. The molecule has 1 aliphatic rings. The van der Waals surface area contributed by atoms with Crippen LogP contribution >= 0.6 is 0 Å². The van der Waals surface area contributed by atoms with Crippen LogP contribution in [-0.2, 0) is 9.59 Å². The molecule has 1 fully saturated rings. The normalized spacial score (nSPS) is 21.1. The van der Waals surface area contributed by atoms with Gasteiger partial charge < -0.3 is 15.3 Å². The van der Waals surface area contributed by atoms with Crippen molar-refractivity contribution < 1.29 is 41.0 Å².